The van der Waals surface area contributed by atoms with Crippen LogP contribution >= 0.6 is 23.1 Å². The first-order chi connectivity index (χ1) is 7.52. The van der Waals surface area contributed by atoms with E-state index in [4.69, 9.17) is 4.98 Å². The highest BCUT2D eigenvalue weighted by Crippen LogP contribution is 2.48. The molecule has 0 saturated carbocycles. The summed E-state index contributed by atoms with van der Waals surface area (Å²) in [6.07, 6.45) is 1.25. The molecule has 1 N–H and O–H groups in total. The smallest absolute Gasteiger partial charge is 0.114 e. The van der Waals surface area contributed by atoms with Gasteiger partial charge in [0.15, 0.2) is 0 Å². The van der Waals surface area contributed by atoms with Gasteiger partial charge in [-0.15, -0.1) is 11.3 Å². The highest BCUT2D eigenvalue weighted by molar-refractivity contribution is 7.99. The van der Waals surface area contributed by atoms with Crippen molar-refractivity contribution in [3.8, 4) is 0 Å². The molecule has 1 aromatic rings. The minimum Gasteiger partial charge on any atom is -0.307 e. The molecule has 0 radical (unpaired) electrons. The second-order valence-electron chi connectivity index (χ2n) is 5.14. The van der Waals surface area contributed by atoms with Crippen LogP contribution in [0.1, 0.15) is 31.0 Å². The van der Waals surface area contributed by atoms with E-state index < -0.39 is 0 Å². The minimum atomic E-state index is 0.0504. The lowest BCUT2D eigenvalue weighted by Gasteiger charge is -2.48. The lowest BCUT2D eigenvalue weighted by Crippen LogP contribution is -2.56. The van der Waals surface area contributed by atoms with Crippen LogP contribution in [-0.4, -0.2) is 23.5 Å². The Morgan fingerprint density at radius 2 is 2.19 bits per heavy atom. The molecule has 1 atom stereocenters. The van der Waals surface area contributed by atoms with E-state index >= 15 is 0 Å². The van der Waals surface area contributed by atoms with Gasteiger partial charge in [0.2, 0.25) is 0 Å². The molecular weight excluding hydrogens is 236 g/mol. The largest absolute Gasteiger partial charge is 0.307 e. The quantitative estimate of drug-likeness (QED) is 0.880. The summed E-state index contributed by atoms with van der Waals surface area (Å²) in [5.41, 5.74) is 1.47. The van der Waals surface area contributed by atoms with Crippen LogP contribution < -0.4 is 5.32 Å². The Balaban J connectivity index is 2.44. The molecule has 0 spiro atoms. The monoisotopic (exact) mass is 256 g/mol. The summed E-state index contributed by atoms with van der Waals surface area (Å²) in [6, 6.07) is 0. The van der Waals surface area contributed by atoms with E-state index in [1.807, 2.05) is 11.8 Å². The first kappa shape index (κ1) is 12.4. The number of hydrogen-bond acceptors (Lipinski definition) is 4. The second kappa shape index (κ2) is 4.31. The van der Waals surface area contributed by atoms with Gasteiger partial charge in [0.05, 0.1) is 5.54 Å². The summed E-state index contributed by atoms with van der Waals surface area (Å²) in [7, 11) is 2.07. The molecule has 0 aromatic carbocycles. The molecule has 0 amide bonds. The van der Waals surface area contributed by atoms with Gasteiger partial charge < -0.3 is 5.32 Å². The van der Waals surface area contributed by atoms with Gasteiger partial charge in [-0.1, -0.05) is 13.8 Å². The summed E-state index contributed by atoms with van der Waals surface area (Å²) in [4.78, 5) is 4.72. The van der Waals surface area contributed by atoms with Crippen LogP contribution in [0.15, 0.2) is 5.38 Å². The lowest BCUT2D eigenvalue weighted by molar-refractivity contribution is 0.138. The van der Waals surface area contributed by atoms with Crippen LogP contribution in [0.2, 0.25) is 0 Å². The Labute approximate surface area is 106 Å². The topological polar surface area (TPSA) is 24.9 Å². The normalized spacial score (nSPS) is 29.2. The molecule has 1 unspecified atom stereocenters. The van der Waals surface area contributed by atoms with Crippen LogP contribution in [0.3, 0.4) is 0 Å². The third-order valence-electron chi connectivity index (χ3n) is 3.76. The third kappa shape index (κ3) is 1.81. The molecule has 16 heavy (non-hydrogen) atoms. The van der Waals surface area contributed by atoms with E-state index in [2.05, 4.69) is 38.5 Å². The molecule has 1 saturated heterocycles. The van der Waals surface area contributed by atoms with Gasteiger partial charge in [-0.2, -0.15) is 11.8 Å². The molecule has 0 aliphatic carbocycles. The van der Waals surface area contributed by atoms with Crippen LogP contribution in [0, 0.1) is 12.3 Å². The Morgan fingerprint density at radius 1 is 1.44 bits per heavy atom. The maximum absolute atomic E-state index is 4.72. The lowest BCUT2D eigenvalue weighted by atomic mass is 9.71. The van der Waals surface area contributed by atoms with Crippen LogP contribution in [0.25, 0.3) is 0 Å². The molecule has 2 nitrogen and oxygen atoms in total. The summed E-state index contributed by atoms with van der Waals surface area (Å²) < 4.78 is 0. The van der Waals surface area contributed by atoms with E-state index in [0.717, 1.165) is 11.4 Å². The number of nitrogens with one attached hydrogen (secondary N) is 1. The Kier molecular flexibility index (Phi) is 3.34. The Hall–Kier alpha value is -0.0600. The van der Waals surface area contributed by atoms with Crippen molar-refractivity contribution in [3.05, 3.63) is 16.1 Å². The molecule has 2 heterocycles. The first-order valence-corrected chi connectivity index (χ1v) is 7.74. The predicted molar refractivity (Wildman–Crippen MR) is 73.3 cm³/mol. The van der Waals surface area contributed by atoms with E-state index in [9.17, 15) is 0 Å². The molecule has 1 fully saturated rings. The van der Waals surface area contributed by atoms with Gasteiger partial charge >= 0.3 is 0 Å². The highest BCUT2D eigenvalue weighted by Gasteiger charge is 2.49. The zero-order valence-electron chi connectivity index (χ0n) is 10.5. The van der Waals surface area contributed by atoms with E-state index in [1.54, 1.807) is 11.3 Å². The third-order valence-corrected chi connectivity index (χ3v) is 6.01. The number of hydrogen-bond donors (Lipinski definition) is 1. The van der Waals surface area contributed by atoms with Crippen molar-refractivity contribution in [2.45, 2.75) is 32.7 Å². The van der Waals surface area contributed by atoms with Gasteiger partial charge in [-0.3, -0.25) is 0 Å². The summed E-state index contributed by atoms with van der Waals surface area (Å²) in [5, 5.41) is 6.98. The molecular formula is C12H20N2S2. The van der Waals surface area contributed by atoms with Crippen molar-refractivity contribution < 1.29 is 0 Å². The molecule has 0 bridgehead atoms. The van der Waals surface area contributed by atoms with Gasteiger partial charge in [0.1, 0.15) is 5.01 Å². The zero-order chi connectivity index (χ0) is 11.8. The fraction of sp³-hybridized carbons (Fsp3) is 0.750. The van der Waals surface area contributed by atoms with Crippen LogP contribution in [0.4, 0.5) is 0 Å². The molecule has 1 aliphatic heterocycles. The number of aryl methyl sites for hydroxylation is 1. The van der Waals surface area contributed by atoms with Gasteiger partial charge in [-0.05, 0) is 31.6 Å². The van der Waals surface area contributed by atoms with Crippen molar-refractivity contribution in [3.63, 3.8) is 0 Å². The maximum Gasteiger partial charge on any atom is 0.114 e. The minimum absolute atomic E-state index is 0.0504. The van der Waals surface area contributed by atoms with Crippen molar-refractivity contribution in [2.24, 2.45) is 5.41 Å². The van der Waals surface area contributed by atoms with E-state index in [-0.39, 0.29) is 11.0 Å². The van der Waals surface area contributed by atoms with Crippen LogP contribution in [-0.2, 0) is 5.54 Å². The van der Waals surface area contributed by atoms with E-state index in [0.29, 0.717) is 0 Å². The van der Waals surface area contributed by atoms with Crippen molar-refractivity contribution in [1.29, 1.82) is 0 Å². The number of thioether (sulfide) groups is 1. The maximum atomic E-state index is 4.72. The number of nitrogens with zero attached hydrogens (tertiary/aromatic N) is 1. The van der Waals surface area contributed by atoms with Gasteiger partial charge in [-0.25, -0.2) is 4.98 Å². The van der Waals surface area contributed by atoms with Crippen molar-refractivity contribution in [2.75, 3.05) is 18.6 Å². The molecule has 1 aliphatic rings. The Morgan fingerprint density at radius 3 is 2.69 bits per heavy atom. The average molecular weight is 256 g/mol. The number of rotatable bonds is 2. The van der Waals surface area contributed by atoms with Crippen molar-refractivity contribution >= 4 is 23.1 Å². The fourth-order valence-corrected chi connectivity index (χ4v) is 5.43. The molecule has 4 heteroatoms. The fourth-order valence-electron chi connectivity index (χ4n) is 2.38. The van der Waals surface area contributed by atoms with Crippen molar-refractivity contribution in [1.82, 2.24) is 10.3 Å². The first-order valence-electron chi connectivity index (χ1n) is 5.71. The highest BCUT2D eigenvalue weighted by atomic mass is 32.2. The zero-order valence-corrected chi connectivity index (χ0v) is 12.1. The Bertz CT molecular complexity index is 373. The summed E-state index contributed by atoms with van der Waals surface area (Å²) in [6.45, 7) is 6.80. The second-order valence-corrected chi connectivity index (χ2v) is 7.10. The van der Waals surface area contributed by atoms with Crippen LogP contribution in [0.5, 0.6) is 0 Å². The molecule has 90 valence electrons. The van der Waals surface area contributed by atoms with Gasteiger partial charge in [0.25, 0.3) is 0 Å². The standard InChI is InChI=1S/C12H20N2S2/c1-9-7-16-10(14-9)12(13-4)8-15-6-5-11(12,2)3/h7,13H,5-6,8H2,1-4H3. The number of thiazole rings is 1. The number of aromatic nitrogens is 1. The molecule has 2 rings (SSSR count). The summed E-state index contributed by atoms with van der Waals surface area (Å²) in [5.74, 6) is 2.39. The SMILES string of the molecule is CNC1(c2nc(C)cs2)CSCCC1(C)C. The average Bonchev–Trinajstić information content (AvgIpc) is 2.65. The summed E-state index contributed by atoms with van der Waals surface area (Å²) >= 11 is 3.83. The predicted octanol–water partition coefficient (Wildman–Crippen LogP) is 3.03. The van der Waals surface area contributed by atoms with Gasteiger partial charge in [0, 0.05) is 16.8 Å². The van der Waals surface area contributed by atoms with E-state index in [1.165, 1.54) is 17.2 Å². The molecule has 1 aromatic heterocycles.